The van der Waals surface area contributed by atoms with Crippen LogP contribution in [0.1, 0.15) is 43.9 Å². The maximum absolute atomic E-state index is 13.0. The highest BCUT2D eigenvalue weighted by molar-refractivity contribution is 6.34. The zero-order chi connectivity index (χ0) is 24.4. The van der Waals surface area contributed by atoms with E-state index in [0.29, 0.717) is 23.9 Å². The Morgan fingerprint density at radius 3 is 2.43 bits per heavy atom. The highest BCUT2D eigenvalue weighted by Crippen LogP contribution is 2.30. The molecule has 174 valence electrons. The third-order valence-electron chi connectivity index (χ3n) is 5.36. The van der Waals surface area contributed by atoms with Crippen LogP contribution < -0.4 is 9.64 Å². The molecule has 0 bridgehead atoms. The summed E-state index contributed by atoms with van der Waals surface area (Å²) >= 11 is 0. The molecule has 0 saturated heterocycles. The summed E-state index contributed by atoms with van der Waals surface area (Å²) in [5, 5.41) is 3.88. The van der Waals surface area contributed by atoms with Gasteiger partial charge in [0.1, 0.15) is 5.75 Å². The SMILES string of the molecule is CCOc1ccc(N2C(=O)c3ccc(C(=O)OCc4nc(-c5ccccc5)no4)cc3C2=O)cc1. The Morgan fingerprint density at radius 2 is 1.69 bits per heavy atom. The van der Waals surface area contributed by atoms with Gasteiger partial charge in [0.25, 0.3) is 17.7 Å². The largest absolute Gasteiger partial charge is 0.494 e. The van der Waals surface area contributed by atoms with Gasteiger partial charge in [-0.2, -0.15) is 4.98 Å². The van der Waals surface area contributed by atoms with Gasteiger partial charge in [0.2, 0.25) is 5.82 Å². The van der Waals surface area contributed by atoms with E-state index in [1.807, 2.05) is 37.3 Å². The molecule has 3 aromatic carbocycles. The minimum Gasteiger partial charge on any atom is -0.494 e. The molecule has 9 nitrogen and oxygen atoms in total. The zero-order valence-corrected chi connectivity index (χ0v) is 18.6. The van der Waals surface area contributed by atoms with Crippen LogP contribution in [0.25, 0.3) is 11.4 Å². The van der Waals surface area contributed by atoms with Crippen molar-refractivity contribution in [2.75, 3.05) is 11.5 Å². The minimum atomic E-state index is -0.688. The molecule has 35 heavy (non-hydrogen) atoms. The molecule has 0 atom stereocenters. The predicted octanol–water partition coefficient (Wildman–Crippen LogP) is 4.29. The molecule has 0 fully saturated rings. The van der Waals surface area contributed by atoms with Gasteiger partial charge in [-0.25, -0.2) is 9.69 Å². The molecule has 0 spiro atoms. The Bertz CT molecular complexity index is 1410. The summed E-state index contributed by atoms with van der Waals surface area (Å²) in [5.41, 5.74) is 1.65. The van der Waals surface area contributed by atoms with E-state index in [9.17, 15) is 14.4 Å². The second kappa shape index (κ2) is 9.22. The number of carbonyl (C=O) groups is 3. The van der Waals surface area contributed by atoms with Gasteiger partial charge in [0, 0.05) is 5.56 Å². The molecule has 1 aliphatic heterocycles. The highest BCUT2D eigenvalue weighted by Gasteiger charge is 2.37. The van der Waals surface area contributed by atoms with Crippen molar-refractivity contribution in [3.05, 3.63) is 95.4 Å². The van der Waals surface area contributed by atoms with E-state index in [-0.39, 0.29) is 29.2 Å². The maximum Gasteiger partial charge on any atom is 0.338 e. The first-order valence-electron chi connectivity index (χ1n) is 10.9. The molecule has 5 rings (SSSR count). The lowest BCUT2D eigenvalue weighted by atomic mass is 10.1. The Kier molecular flexibility index (Phi) is 5.80. The van der Waals surface area contributed by atoms with Crippen molar-refractivity contribution in [1.29, 1.82) is 0 Å². The van der Waals surface area contributed by atoms with Gasteiger partial charge in [-0.15, -0.1) is 0 Å². The minimum absolute atomic E-state index is 0.126. The number of anilines is 1. The van der Waals surface area contributed by atoms with Gasteiger partial charge in [-0.05, 0) is 49.4 Å². The summed E-state index contributed by atoms with van der Waals surface area (Å²) < 4.78 is 15.8. The third kappa shape index (κ3) is 4.26. The topological polar surface area (TPSA) is 112 Å². The monoisotopic (exact) mass is 469 g/mol. The van der Waals surface area contributed by atoms with Gasteiger partial charge in [-0.1, -0.05) is 35.5 Å². The van der Waals surface area contributed by atoms with Crippen LogP contribution in [0.4, 0.5) is 5.69 Å². The predicted molar refractivity (Wildman–Crippen MR) is 124 cm³/mol. The van der Waals surface area contributed by atoms with Crippen LogP contribution in [-0.4, -0.2) is 34.5 Å². The normalized spacial score (nSPS) is 12.5. The van der Waals surface area contributed by atoms with Crippen molar-refractivity contribution in [2.24, 2.45) is 0 Å². The number of rotatable bonds is 7. The van der Waals surface area contributed by atoms with Gasteiger partial charge in [0.15, 0.2) is 6.61 Å². The van der Waals surface area contributed by atoms with E-state index in [1.54, 1.807) is 24.3 Å². The van der Waals surface area contributed by atoms with E-state index in [4.69, 9.17) is 14.0 Å². The van der Waals surface area contributed by atoms with E-state index >= 15 is 0 Å². The standard InChI is InChI=1S/C26H19N3O6/c1-2-33-19-11-9-18(10-12-19)29-24(30)20-13-8-17(14-21(20)25(29)31)26(32)34-15-22-27-23(28-35-22)16-6-4-3-5-7-16/h3-14H,2,15H2,1H3. The van der Waals surface area contributed by atoms with Gasteiger partial charge >= 0.3 is 5.97 Å². The Balaban J connectivity index is 1.29. The number of aromatic nitrogens is 2. The lowest BCUT2D eigenvalue weighted by Crippen LogP contribution is -2.29. The number of imide groups is 1. The summed E-state index contributed by atoms with van der Waals surface area (Å²) in [6.07, 6.45) is 0. The second-order valence-electron chi connectivity index (χ2n) is 7.59. The van der Waals surface area contributed by atoms with E-state index in [2.05, 4.69) is 10.1 Å². The molecule has 4 aromatic rings. The summed E-state index contributed by atoms with van der Waals surface area (Å²) in [6, 6.07) is 20.1. The number of carbonyl (C=O) groups excluding carboxylic acids is 3. The van der Waals surface area contributed by atoms with Gasteiger partial charge in [-0.3, -0.25) is 9.59 Å². The summed E-state index contributed by atoms with van der Waals surface area (Å²) in [6.45, 7) is 2.14. The number of nitrogens with zero attached hydrogens (tertiary/aromatic N) is 3. The molecule has 0 radical (unpaired) electrons. The molecule has 0 unspecified atom stereocenters. The highest BCUT2D eigenvalue weighted by atomic mass is 16.6. The van der Waals surface area contributed by atoms with Crippen molar-refractivity contribution in [3.63, 3.8) is 0 Å². The molecule has 2 heterocycles. The average molecular weight is 469 g/mol. The summed E-state index contributed by atoms with van der Waals surface area (Å²) in [7, 11) is 0. The maximum atomic E-state index is 13.0. The molecule has 1 aromatic heterocycles. The number of esters is 1. The summed E-state index contributed by atoms with van der Waals surface area (Å²) in [5.74, 6) is -0.525. The molecular weight excluding hydrogens is 450 g/mol. The van der Waals surface area contributed by atoms with Crippen LogP contribution in [0, 0.1) is 0 Å². The fourth-order valence-corrected chi connectivity index (χ4v) is 3.69. The smallest absolute Gasteiger partial charge is 0.338 e. The van der Waals surface area contributed by atoms with Crippen LogP contribution in [0.3, 0.4) is 0 Å². The quantitative estimate of drug-likeness (QED) is 0.291. The fourth-order valence-electron chi connectivity index (χ4n) is 3.69. The van der Waals surface area contributed by atoms with Crippen LogP contribution >= 0.6 is 0 Å². The number of hydrogen-bond acceptors (Lipinski definition) is 8. The van der Waals surface area contributed by atoms with E-state index in [0.717, 1.165) is 10.5 Å². The lowest BCUT2D eigenvalue weighted by Gasteiger charge is -2.14. The molecule has 9 heteroatoms. The number of fused-ring (bicyclic) bond motifs is 1. The molecule has 0 N–H and O–H groups in total. The Hall–Kier alpha value is -4.79. The Labute approximate surface area is 199 Å². The Morgan fingerprint density at radius 1 is 0.943 bits per heavy atom. The van der Waals surface area contributed by atoms with Crippen LogP contribution in [-0.2, 0) is 11.3 Å². The number of benzene rings is 3. The van der Waals surface area contributed by atoms with Crippen molar-refractivity contribution in [2.45, 2.75) is 13.5 Å². The third-order valence-corrected chi connectivity index (χ3v) is 5.36. The molecule has 0 aliphatic carbocycles. The second-order valence-corrected chi connectivity index (χ2v) is 7.59. The first-order chi connectivity index (χ1) is 17.0. The zero-order valence-electron chi connectivity index (χ0n) is 18.6. The van der Waals surface area contributed by atoms with Gasteiger partial charge in [0.05, 0.1) is 29.0 Å². The van der Waals surface area contributed by atoms with Crippen LogP contribution in [0.2, 0.25) is 0 Å². The molecule has 2 amide bonds. The van der Waals surface area contributed by atoms with Crippen LogP contribution in [0.5, 0.6) is 5.75 Å². The first kappa shape index (κ1) is 22.0. The molecular formula is C26H19N3O6. The van der Waals surface area contributed by atoms with E-state index < -0.39 is 17.8 Å². The summed E-state index contributed by atoms with van der Waals surface area (Å²) in [4.78, 5) is 43.7. The number of ether oxygens (including phenoxy) is 2. The van der Waals surface area contributed by atoms with Crippen LogP contribution in [0.15, 0.2) is 77.3 Å². The lowest BCUT2D eigenvalue weighted by molar-refractivity contribution is 0.0429. The van der Waals surface area contributed by atoms with Crippen molar-refractivity contribution < 1.29 is 28.4 Å². The molecule has 1 aliphatic rings. The number of hydrogen-bond donors (Lipinski definition) is 0. The van der Waals surface area contributed by atoms with Crippen molar-refractivity contribution in [3.8, 4) is 17.1 Å². The van der Waals surface area contributed by atoms with E-state index in [1.165, 1.54) is 18.2 Å². The molecule has 0 saturated carbocycles. The van der Waals surface area contributed by atoms with Gasteiger partial charge < -0.3 is 14.0 Å². The van der Waals surface area contributed by atoms with Crippen molar-refractivity contribution in [1.82, 2.24) is 10.1 Å². The average Bonchev–Trinajstić information content (AvgIpc) is 3.46. The fraction of sp³-hybridized carbons (Fsp3) is 0.115. The number of amides is 2. The first-order valence-corrected chi connectivity index (χ1v) is 10.9. The van der Waals surface area contributed by atoms with Crippen molar-refractivity contribution >= 4 is 23.5 Å².